The van der Waals surface area contributed by atoms with Gasteiger partial charge in [-0.25, -0.2) is 0 Å². The zero-order valence-electron chi connectivity index (χ0n) is 14.7. The maximum absolute atomic E-state index is 12.6. The van der Waals surface area contributed by atoms with Gasteiger partial charge in [-0.2, -0.15) is 0 Å². The van der Waals surface area contributed by atoms with Crippen molar-refractivity contribution >= 4 is 16.7 Å². The number of nitrogens with one attached hydrogen (secondary N) is 2. The lowest BCUT2D eigenvalue weighted by Gasteiger charge is -2.08. The highest BCUT2D eigenvalue weighted by Gasteiger charge is 2.44. The normalized spacial score (nSPS) is 20.8. The summed E-state index contributed by atoms with van der Waals surface area (Å²) in [5.74, 6) is 0.642. The Labute approximate surface area is 153 Å². The van der Waals surface area contributed by atoms with Crippen molar-refractivity contribution in [3.63, 3.8) is 0 Å². The van der Waals surface area contributed by atoms with E-state index in [4.69, 9.17) is 0 Å². The van der Waals surface area contributed by atoms with E-state index in [1.54, 1.807) is 0 Å². The van der Waals surface area contributed by atoms with Crippen LogP contribution in [0.3, 0.4) is 0 Å². The molecular formula is C23H22N2O. The van der Waals surface area contributed by atoms with Crippen molar-refractivity contribution in [2.24, 2.45) is 5.92 Å². The topological polar surface area (TPSA) is 41.1 Å². The quantitative estimate of drug-likeness (QED) is 0.756. The Hall–Kier alpha value is -2.65. The Kier molecular flexibility index (Phi) is 3.75. The highest BCUT2D eigenvalue weighted by molar-refractivity contribution is 5.89. The maximum Gasteiger partial charge on any atom is 0.224 e. The molecular weight excluding hydrogens is 320 g/mol. The summed E-state index contributed by atoms with van der Waals surface area (Å²) in [7, 11) is 0. The van der Waals surface area contributed by atoms with Crippen LogP contribution in [0, 0.1) is 5.92 Å². The molecule has 1 saturated carbocycles. The van der Waals surface area contributed by atoms with Gasteiger partial charge in [-0.3, -0.25) is 4.79 Å². The van der Waals surface area contributed by atoms with Gasteiger partial charge in [0.2, 0.25) is 5.91 Å². The first-order chi connectivity index (χ1) is 12.8. The number of amides is 1. The monoisotopic (exact) mass is 342 g/mol. The van der Waals surface area contributed by atoms with Gasteiger partial charge in [0.1, 0.15) is 0 Å². The molecule has 1 aliphatic heterocycles. The molecule has 0 bridgehead atoms. The zero-order chi connectivity index (χ0) is 17.5. The molecule has 3 aromatic rings. The fourth-order valence-electron chi connectivity index (χ4n) is 4.18. The number of fused-ring (bicyclic) bond motifs is 2. The summed E-state index contributed by atoms with van der Waals surface area (Å²) < 4.78 is 0. The first-order valence-electron chi connectivity index (χ1n) is 9.36. The van der Waals surface area contributed by atoms with Gasteiger partial charge in [0.15, 0.2) is 0 Å². The van der Waals surface area contributed by atoms with Crippen LogP contribution in [-0.4, -0.2) is 5.91 Å². The second kappa shape index (κ2) is 6.26. The summed E-state index contributed by atoms with van der Waals surface area (Å²) in [5, 5.41) is 9.03. The van der Waals surface area contributed by atoms with Gasteiger partial charge in [-0.05, 0) is 45.4 Å². The summed E-state index contributed by atoms with van der Waals surface area (Å²) in [4.78, 5) is 12.6. The predicted molar refractivity (Wildman–Crippen MR) is 104 cm³/mol. The van der Waals surface area contributed by atoms with Crippen molar-refractivity contribution < 1.29 is 4.79 Å². The van der Waals surface area contributed by atoms with E-state index in [-0.39, 0.29) is 11.8 Å². The molecule has 3 aromatic carbocycles. The third-order valence-corrected chi connectivity index (χ3v) is 5.72. The lowest BCUT2D eigenvalue weighted by atomic mass is 10.00. The molecule has 1 fully saturated rings. The fourth-order valence-corrected chi connectivity index (χ4v) is 4.18. The van der Waals surface area contributed by atoms with Crippen molar-refractivity contribution in [1.29, 1.82) is 0 Å². The number of rotatable bonds is 4. The van der Waals surface area contributed by atoms with Crippen LogP contribution in [0.5, 0.6) is 0 Å². The number of hydrogen-bond donors (Lipinski definition) is 2. The highest BCUT2D eigenvalue weighted by atomic mass is 16.2. The standard InChI is InChI=1S/C23H22N2O/c26-23(25-12-15-8-9-17-13-24-14-18(17)10-15)22-11-21(22)20-7-3-5-16-4-1-2-6-19(16)20/h1-10,21-22,24H,11-14H2,(H,25,26). The SMILES string of the molecule is O=C(NCc1ccc2c(c1)CNC2)C1CC1c1cccc2ccccc12. The lowest BCUT2D eigenvalue weighted by molar-refractivity contribution is -0.122. The molecule has 0 saturated heterocycles. The first kappa shape index (κ1) is 15.6. The van der Waals surface area contributed by atoms with Gasteiger partial charge >= 0.3 is 0 Å². The van der Waals surface area contributed by atoms with E-state index in [2.05, 4.69) is 71.3 Å². The molecule has 0 aromatic heterocycles. The van der Waals surface area contributed by atoms with E-state index in [1.807, 2.05) is 0 Å². The smallest absolute Gasteiger partial charge is 0.224 e. The Balaban J connectivity index is 1.26. The van der Waals surface area contributed by atoms with E-state index in [0.29, 0.717) is 12.5 Å². The molecule has 3 heteroatoms. The molecule has 0 radical (unpaired) electrons. The Morgan fingerprint density at radius 2 is 1.85 bits per heavy atom. The zero-order valence-corrected chi connectivity index (χ0v) is 14.7. The summed E-state index contributed by atoms with van der Waals surface area (Å²) in [6.45, 7) is 2.50. The molecule has 2 unspecified atom stereocenters. The van der Waals surface area contributed by atoms with Crippen LogP contribution < -0.4 is 10.6 Å². The number of carbonyl (C=O) groups excluding carboxylic acids is 1. The summed E-state index contributed by atoms with van der Waals surface area (Å²) in [6.07, 6.45) is 0.952. The molecule has 1 heterocycles. The summed E-state index contributed by atoms with van der Waals surface area (Å²) >= 11 is 0. The summed E-state index contributed by atoms with van der Waals surface area (Å²) in [5.41, 5.74) is 5.23. The first-order valence-corrected chi connectivity index (χ1v) is 9.36. The van der Waals surface area contributed by atoms with Crippen LogP contribution >= 0.6 is 0 Å². The molecule has 0 spiro atoms. The molecule has 2 atom stereocenters. The Bertz CT molecular complexity index is 989. The van der Waals surface area contributed by atoms with Crippen LogP contribution in [0.4, 0.5) is 0 Å². The van der Waals surface area contributed by atoms with Crippen LogP contribution in [0.1, 0.15) is 34.6 Å². The largest absolute Gasteiger partial charge is 0.352 e. The predicted octanol–water partition coefficient (Wildman–Crippen LogP) is 3.86. The molecule has 3 nitrogen and oxygen atoms in total. The van der Waals surface area contributed by atoms with E-state index < -0.39 is 0 Å². The van der Waals surface area contributed by atoms with Crippen molar-refractivity contribution in [3.8, 4) is 0 Å². The van der Waals surface area contributed by atoms with Crippen LogP contribution in [0.15, 0.2) is 60.7 Å². The van der Waals surface area contributed by atoms with Gasteiger partial charge < -0.3 is 10.6 Å². The third-order valence-electron chi connectivity index (χ3n) is 5.72. The Morgan fingerprint density at radius 3 is 2.81 bits per heavy atom. The van der Waals surface area contributed by atoms with Crippen LogP contribution in [0.25, 0.3) is 10.8 Å². The number of hydrogen-bond acceptors (Lipinski definition) is 2. The molecule has 2 N–H and O–H groups in total. The fraction of sp³-hybridized carbons (Fsp3) is 0.261. The Morgan fingerprint density at radius 1 is 1.00 bits per heavy atom. The second-order valence-electron chi connectivity index (χ2n) is 7.44. The molecule has 5 rings (SSSR count). The third kappa shape index (κ3) is 2.78. The molecule has 1 amide bonds. The van der Waals surface area contributed by atoms with Gasteiger partial charge in [0.05, 0.1) is 0 Å². The van der Waals surface area contributed by atoms with E-state index in [9.17, 15) is 4.79 Å². The highest BCUT2D eigenvalue weighted by Crippen LogP contribution is 2.49. The van der Waals surface area contributed by atoms with Gasteiger partial charge in [0, 0.05) is 25.6 Å². The van der Waals surface area contributed by atoms with Crippen LogP contribution in [0.2, 0.25) is 0 Å². The average Bonchev–Trinajstić information content (AvgIpc) is 3.34. The van der Waals surface area contributed by atoms with E-state index in [1.165, 1.54) is 33.0 Å². The van der Waals surface area contributed by atoms with E-state index >= 15 is 0 Å². The van der Waals surface area contributed by atoms with Gasteiger partial charge in [0.25, 0.3) is 0 Å². The van der Waals surface area contributed by atoms with Crippen molar-refractivity contribution in [3.05, 3.63) is 82.9 Å². The number of carbonyl (C=O) groups is 1. The summed E-state index contributed by atoms with van der Waals surface area (Å²) in [6, 6.07) is 21.4. The minimum absolute atomic E-state index is 0.108. The maximum atomic E-state index is 12.6. The lowest BCUT2D eigenvalue weighted by Crippen LogP contribution is -2.25. The molecule has 2 aliphatic rings. The van der Waals surface area contributed by atoms with Crippen LogP contribution in [-0.2, 0) is 24.4 Å². The molecule has 1 aliphatic carbocycles. The van der Waals surface area contributed by atoms with E-state index in [0.717, 1.165) is 19.5 Å². The molecule has 130 valence electrons. The minimum atomic E-state index is 0.108. The van der Waals surface area contributed by atoms with Crippen molar-refractivity contribution in [2.75, 3.05) is 0 Å². The van der Waals surface area contributed by atoms with Crippen molar-refractivity contribution in [1.82, 2.24) is 10.6 Å². The second-order valence-corrected chi connectivity index (χ2v) is 7.44. The minimum Gasteiger partial charge on any atom is -0.352 e. The number of benzene rings is 3. The van der Waals surface area contributed by atoms with Crippen molar-refractivity contribution in [2.45, 2.75) is 32.0 Å². The van der Waals surface area contributed by atoms with Gasteiger partial charge in [-0.1, -0.05) is 60.7 Å². The van der Waals surface area contributed by atoms with Gasteiger partial charge in [-0.15, -0.1) is 0 Å². The average molecular weight is 342 g/mol. The molecule has 26 heavy (non-hydrogen) atoms.